The standard InChI is InChI=1S/C18H25N3O/c1-3-14(2)21-18(19)20-11-6-12-22-17-10-9-15-7-4-5-8-16(15)13-17/h4-5,7-10,13-14H,3,6,11-12H2,1-2H3,(H3,19,20,21). The highest BCUT2D eigenvalue weighted by molar-refractivity contribution is 5.83. The molecule has 22 heavy (non-hydrogen) atoms. The first-order valence-corrected chi connectivity index (χ1v) is 7.87. The second-order valence-electron chi connectivity index (χ2n) is 5.43. The van der Waals surface area contributed by atoms with Crippen LogP contribution in [-0.4, -0.2) is 25.2 Å². The molecule has 0 saturated heterocycles. The van der Waals surface area contributed by atoms with E-state index in [1.165, 1.54) is 10.8 Å². The maximum Gasteiger partial charge on any atom is 0.188 e. The molecule has 0 aliphatic carbocycles. The zero-order valence-corrected chi connectivity index (χ0v) is 13.4. The fraction of sp³-hybridized carbons (Fsp3) is 0.389. The summed E-state index contributed by atoms with van der Waals surface area (Å²) in [4.78, 5) is 4.30. The molecular weight excluding hydrogens is 274 g/mol. The van der Waals surface area contributed by atoms with Gasteiger partial charge in [-0.05, 0) is 36.2 Å². The van der Waals surface area contributed by atoms with Crippen LogP contribution in [0.2, 0.25) is 0 Å². The number of guanidine groups is 1. The molecule has 1 atom stereocenters. The number of benzene rings is 2. The van der Waals surface area contributed by atoms with Gasteiger partial charge in [0.25, 0.3) is 0 Å². The Balaban J connectivity index is 1.75. The van der Waals surface area contributed by atoms with Gasteiger partial charge in [0.1, 0.15) is 5.75 Å². The van der Waals surface area contributed by atoms with Crippen LogP contribution in [0.25, 0.3) is 10.8 Å². The third kappa shape index (κ3) is 4.95. The van der Waals surface area contributed by atoms with E-state index in [1.807, 2.05) is 18.2 Å². The van der Waals surface area contributed by atoms with E-state index < -0.39 is 0 Å². The molecule has 0 saturated carbocycles. The van der Waals surface area contributed by atoms with Gasteiger partial charge in [-0.15, -0.1) is 0 Å². The van der Waals surface area contributed by atoms with Crippen LogP contribution in [0.15, 0.2) is 47.5 Å². The molecule has 0 amide bonds. The molecule has 0 fully saturated rings. The highest BCUT2D eigenvalue weighted by atomic mass is 16.5. The lowest BCUT2D eigenvalue weighted by atomic mass is 10.1. The second kappa shape index (κ2) is 8.27. The summed E-state index contributed by atoms with van der Waals surface area (Å²) < 4.78 is 5.77. The van der Waals surface area contributed by atoms with Crippen molar-refractivity contribution in [2.75, 3.05) is 13.2 Å². The van der Waals surface area contributed by atoms with Crippen molar-refractivity contribution in [3.8, 4) is 5.75 Å². The molecule has 118 valence electrons. The molecule has 2 aromatic carbocycles. The Morgan fingerprint density at radius 3 is 2.77 bits per heavy atom. The summed E-state index contributed by atoms with van der Waals surface area (Å²) in [5.74, 6) is 1.41. The lowest BCUT2D eigenvalue weighted by molar-refractivity contribution is 0.314. The predicted octanol–water partition coefficient (Wildman–Crippen LogP) is 3.31. The van der Waals surface area contributed by atoms with Crippen LogP contribution in [0.5, 0.6) is 5.75 Å². The zero-order chi connectivity index (χ0) is 15.8. The Kier molecular flexibility index (Phi) is 6.07. The van der Waals surface area contributed by atoms with Gasteiger partial charge in [-0.25, -0.2) is 0 Å². The summed E-state index contributed by atoms with van der Waals surface area (Å²) in [6.07, 6.45) is 1.87. The number of rotatable bonds is 7. The van der Waals surface area contributed by atoms with E-state index in [0.717, 1.165) is 18.6 Å². The van der Waals surface area contributed by atoms with Crippen LogP contribution in [0.1, 0.15) is 26.7 Å². The maximum absolute atomic E-state index is 5.80. The van der Waals surface area contributed by atoms with Crippen molar-refractivity contribution in [2.24, 2.45) is 10.7 Å². The van der Waals surface area contributed by atoms with E-state index in [4.69, 9.17) is 10.5 Å². The third-order valence-electron chi connectivity index (χ3n) is 3.58. The van der Waals surface area contributed by atoms with Crippen LogP contribution >= 0.6 is 0 Å². The van der Waals surface area contributed by atoms with Gasteiger partial charge in [0, 0.05) is 19.0 Å². The minimum atomic E-state index is 0.359. The van der Waals surface area contributed by atoms with E-state index in [0.29, 0.717) is 25.2 Å². The number of fused-ring (bicyclic) bond motifs is 1. The highest BCUT2D eigenvalue weighted by Crippen LogP contribution is 2.20. The van der Waals surface area contributed by atoms with E-state index in [1.54, 1.807) is 0 Å². The smallest absolute Gasteiger partial charge is 0.188 e. The Morgan fingerprint density at radius 1 is 1.23 bits per heavy atom. The summed E-state index contributed by atoms with van der Waals surface area (Å²) in [5, 5.41) is 5.56. The molecule has 2 rings (SSSR count). The fourth-order valence-corrected chi connectivity index (χ4v) is 2.11. The van der Waals surface area contributed by atoms with Crippen LogP contribution in [0, 0.1) is 0 Å². The first-order chi connectivity index (χ1) is 10.7. The minimum Gasteiger partial charge on any atom is -0.494 e. The van der Waals surface area contributed by atoms with Crippen molar-refractivity contribution >= 4 is 16.7 Å². The number of nitrogens with zero attached hydrogens (tertiary/aromatic N) is 1. The summed E-state index contributed by atoms with van der Waals surface area (Å²) >= 11 is 0. The number of nitrogens with two attached hydrogens (primary N) is 1. The molecule has 0 aromatic heterocycles. The molecule has 0 aliphatic rings. The first-order valence-electron chi connectivity index (χ1n) is 7.87. The van der Waals surface area contributed by atoms with E-state index >= 15 is 0 Å². The second-order valence-corrected chi connectivity index (χ2v) is 5.43. The van der Waals surface area contributed by atoms with Gasteiger partial charge < -0.3 is 15.8 Å². The molecule has 0 heterocycles. The average Bonchev–Trinajstić information content (AvgIpc) is 2.54. The van der Waals surface area contributed by atoms with Crippen LogP contribution in [0.3, 0.4) is 0 Å². The quantitative estimate of drug-likeness (QED) is 0.468. The molecule has 4 nitrogen and oxygen atoms in total. The number of nitrogens with one attached hydrogen (secondary N) is 1. The van der Waals surface area contributed by atoms with Gasteiger partial charge in [-0.3, -0.25) is 4.99 Å². The van der Waals surface area contributed by atoms with Crippen molar-refractivity contribution < 1.29 is 4.74 Å². The largest absolute Gasteiger partial charge is 0.494 e. The summed E-state index contributed by atoms with van der Waals surface area (Å²) in [5.41, 5.74) is 5.80. The van der Waals surface area contributed by atoms with Gasteiger partial charge in [0.2, 0.25) is 0 Å². The predicted molar refractivity (Wildman–Crippen MR) is 93.4 cm³/mol. The maximum atomic E-state index is 5.80. The van der Waals surface area contributed by atoms with Gasteiger partial charge in [-0.1, -0.05) is 37.3 Å². The van der Waals surface area contributed by atoms with Crippen molar-refractivity contribution in [3.63, 3.8) is 0 Å². The summed E-state index contributed by atoms with van der Waals surface area (Å²) in [6, 6.07) is 14.8. The Labute approximate surface area is 132 Å². The molecule has 1 unspecified atom stereocenters. The van der Waals surface area contributed by atoms with Gasteiger partial charge in [-0.2, -0.15) is 0 Å². The minimum absolute atomic E-state index is 0.359. The normalized spacial score (nSPS) is 13.1. The van der Waals surface area contributed by atoms with Gasteiger partial charge in [0.15, 0.2) is 5.96 Å². The zero-order valence-electron chi connectivity index (χ0n) is 13.4. The number of hydrogen-bond acceptors (Lipinski definition) is 2. The summed E-state index contributed by atoms with van der Waals surface area (Å²) in [7, 11) is 0. The third-order valence-corrected chi connectivity index (χ3v) is 3.58. The van der Waals surface area contributed by atoms with E-state index in [-0.39, 0.29) is 0 Å². The lowest BCUT2D eigenvalue weighted by Gasteiger charge is -2.11. The molecule has 0 aliphatic heterocycles. The average molecular weight is 299 g/mol. The van der Waals surface area contributed by atoms with Crippen molar-refractivity contribution in [1.82, 2.24) is 5.32 Å². The first kappa shape index (κ1) is 16.1. The molecule has 4 heteroatoms. The Morgan fingerprint density at radius 2 is 2.00 bits per heavy atom. The van der Waals surface area contributed by atoms with Crippen molar-refractivity contribution in [1.29, 1.82) is 0 Å². The lowest BCUT2D eigenvalue weighted by Crippen LogP contribution is -2.38. The van der Waals surface area contributed by atoms with Crippen LogP contribution < -0.4 is 15.8 Å². The number of hydrogen-bond donors (Lipinski definition) is 2. The van der Waals surface area contributed by atoms with Crippen molar-refractivity contribution in [3.05, 3.63) is 42.5 Å². The monoisotopic (exact) mass is 299 g/mol. The SMILES string of the molecule is CCC(C)NC(N)=NCCCOc1ccc2ccccc2c1. The van der Waals surface area contributed by atoms with E-state index in [2.05, 4.69) is 48.4 Å². The molecular formula is C18H25N3O. The molecule has 2 aromatic rings. The Bertz CT molecular complexity index is 625. The van der Waals surface area contributed by atoms with Crippen LogP contribution in [-0.2, 0) is 0 Å². The fourth-order valence-electron chi connectivity index (χ4n) is 2.11. The van der Waals surface area contributed by atoms with Gasteiger partial charge >= 0.3 is 0 Å². The molecule has 0 spiro atoms. The molecule has 0 bridgehead atoms. The highest BCUT2D eigenvalue weighted by Gasteiger charge is 1.99. The topological polar surface area (TPSA) is 59.6 Å². The number of aliphatic imine (C=N–C) groups is 1. The number of ether oxygens (including phenoxy) is 1. The Hall–Kier alpha value is -2.23. The molecule has 3 N–H and O–H groups in total. The van der Waals surface area contributed by atoms with Gasteiger partial charge in [0.05, 0.1) is 6.61 Å². The summed E-state index contributed by atoms with van der Waals surface area (Å²) in [6.45, 7) is 5.51. The van der Waals surface area contributed by atoms with Crippen LogP contribution in [0.4, 0.5) is 0 Å². The van der Waals surface area contributed by atoms with E-state index in [9.17, 15) is 0 Å². The van der Waals surface area contributed by atoms with Crippen molar-refractivity contribution in [2.45, 2.75) is 32.7 Å². The molecule has 0 radical (unpaired) electrons.